The number of esters is 1. The van der Waals surface area contributed by atoms with E-state index in [-0.39, 0.29) is 11.1 Å². The number of rotatable bonds is 1. The van der Waals surface area contributed by atoms with E-state index in [0.29, 0.717) is 0 Å². The van der Waals surface area contributed by atoms with E-state index in [0.717, 1.165) is 19.2 Å². The minimum absolute atomic E-state index is 0.302. The SMILES string of the molecule is COC(=O)c1cc(F)c(C#N)cc1O. The van der Waals surface area contributed by atoms with Crippen LogP contribution >= 0.6 is 0 Å². The summed E-state index contributed by atoms with van der Waals surface area (Å²) in [4.78, 5) is 11.0. The van der Waals surface area contributed by atoms with Crippen LogP contribution in [-0.2, 0) is 4.74 Å². The second kappa shape index (κ2) is 3.75. The first-order chi connectivity index (χ1) is 6.60. The molecule has 0 amide bonds. The van der Waals surface area contributed by atoms with Crippen LogP contribution in [0, 0.1) is 17.1 Å². The number of phenolic OH excluding ortho intramolecular Hbond substituents is 1. The molecule has 0 saturated heterocycles. The molecule has 0 aliphatic heterocycles. The summed E-state index contributed by atoms with van der Waals surface area (Å²) in [6, 6.07) is 3.17. The highest BCUT2D eigenvalue weighted by Crippen LogP contribution is 2.21. The molecule has 72 valence electrons. The number of nitriles is 1. The van der Waals surface area contributed by atoms with Crippen LogP contribution in [0.4, 0.5) is 4.39 Å². The van der Waals surface area contributed by atoms with E-state index in [1.807, 2.05) is 0 Å². The fraction of sp³-hybridized carbons (Fsp3) is 0.111. The quantitative estimate of drug-likeness (QED) is 0.683. The summed E-state index contributed by atoms with van der Waals surface area (Å²) in [5.41, 5.74) is -0.626. The van der Waals surface area contributed by atoms with Crippen LogP contribution in [-0.4, -0.2) is 18.2 Å². The number of carbonyl (C=O) groups excluding carboxylic acids is 1. The Morgan fingerprint density at radius 1 is 1.64 bits per heavy atom. The lowest BCUT2D eigenvalue weighted by molar-refractivity contribution is 0.0597. The fourth-order valence-electron chi connectivity index (χ4n) is 0.921. The van der Waals surface area contributed by atoms with E-state index in [1.165, 1.54) is 6.07 Å². The van der Waals surface area contributed by atoms with Crippen LogP contribution < -0.4 is 0 Å². The lowest BCUT2D eigenvalue weighted by Crippen LogP contribution is -2.03. The number of hydrogen-bond acceptors (Lipinski definition) is 4. The number of nitrogens with zero attached hydrogens (tertiary/aromatic N) is 1. The van der Waals surface area contributed by atoms with Gasteiger partial charge in [-0.25, -0.2) is 9.18 Å². The number of carbonyl (C=O) groups is 1. The maximum absolute atomic E-state index is 13.0. The molecule has 0 bridgehead atoms. The molecule has 0 atom stereocenters. The topological polar surface area (TPSA) is 70.3 Å². The van der Waals surface area contributed by atoms with Crippen molar-refractivity contribution in [1.29, 1.82) is 5.26 Å². The van der Waals surface area contributed by atoms with Crippen molar-refractivity contribution in [2.24, 2.45) is 0 Å². The third-order valence-electron chi connectivity index (χ3n) is 1.61. The Balaban J connectivity index is 3.30. The van der Waals surface area contributed by atoms with Crippen molar-refractivity contribution in [2.75, 3.05) is 7.11 Å². The second-order valence-corrected chi connectivity index (χ2v) is 2.45. The maximum atomic E-state index is 13.0. The van der Waals surface area contributed by atoms with Gasteiger partial charge in [-0.2, -0.15) is 5.26 Å². The van der Waals surface area contributed by atoms with Crippen LogP contribution in [0.3, 0.4) is 0 Å². The Kier molecular flexibility index (Phi) is 2.67. The van der Waals surface area contributed by atoms with Crippen molar-refractivity contribution in [3.8, 4) is 11.8 Å². The summed E-state index contributed by atoms with van der Waals surface area (Å²) >= 11 is 0. The van der Waals surface area contributed by atoms with E-state index >= 15 is 0 Å². The molecule has 1 N–H and O–H groups in total. The minimum atomic E-state index is -0.870. The minimum Gasteiger partial charge on any atom is -0.507 e. The van der Waals surface area contributed by atoms with Gasteiger partial charge < -0.3 is 9.84 Å². The first-order valence-corrected chi connectivity index (χ1v) is 3.61. The van der Waals surface area contributed by atoms with Crippen LogP contribution in [0.5, 0.6) is 5.75 Å². The van der Waals surface area contributed by atoms with Gasteiger partial charge in [0.15, 0.2) is 0 Å². The molecule has 0 unspecified atom stereocenters. The van der Waals surface area contributed by atoms with Crippen LogP contribution in [0.2, 0.25) is 0 Å². The molecular weight excluding hydrogens is 189 g/mol. The molecule has 0 saturated carbocycles. The molecule has 5 heteroatoms. The van der Waals surface area contributed by atoms with Gasteiger partial charge in [0.05, 0.1) is 12.7 Å². The fourth-order valence-corrected chi connectivity index (χ4v) is 0.921. The first-order valence-electron chi connectivity index (χ1n) is 3.61. The molecule has 14 heavy (non-hydrogen) atoms. The number of phenols is 1. The average Bonchev–Trinajstić information content (AvgIpc) is 2.19. The van der Waals surface area contributed by atoms with Crippen LogP contribution in [0.15, 0.2) is 12.1 Å². The largest absolute Gasteiger partial charge is 0.507 e. The Morgan fingerprint density at radius 3 is 2.79 bits per heavy atom. The van der Waals surface area contributed by atoms with Gasteiger partial charge in [-0.1, -0.05) is 0 Å². The van der Waals surface area contributed by atoms with Gasteiger partial charge in [-0.05, 0) is 6.07 Å². The number of hydrogen-bond donors (Lipinski definition) is 1. The zero-order chi connectivity index (χ0) is 10.7. The Morgan fingerprint density at radius 2 is 2.29 bits per heavy atom. The lowest BCUT2D eigenvalue weighted by atomic mass is 10.1. The molecule has 1 rings (SSSR count). The predicted octanol–water partition coefficient (Wildman–Crippen LogP) is 1.19. The normalized spacial score (nSPS) is 9.21. The third-order valence-corrected chi connectivity index (χ3v) is 1.61. The number of benzene rings is 1. The van der Waals surface area contributed by atoms with Gasteiger partial charge in [-0.3, -0.25) is 0 Å². The standard InChI is InChI=1S/C9H6FNO3/c1-14-9(13)6-3-7(10)5(4-11)2-8(6)12/h2-3,12H,1H3. The highest BCUT2D eigenvalue weighted by molar-refractivity contribution is 5.92. The molecule has 4 nitrogen and oxygen atoms in total. The highest BCUT2D eigenvalue weighted by Gasteiger charge is 2.15. The van der Waals surface area contributed by atoms with Crippen LogP contribution in [0.25, 0.3) is 0 Å². The van der Waals surface area contributed by atoms with Crippen molar-refractivity contribution >= 4 is 5.97 Å². The van der Waals surface area contributed by atoms with E-state index in [9.17, 15) is 14.3 Å². The third kappa shape index (κ3) is 1.64. The molecule has 0 heterocycles. The van der Waals surface area contributed by atoms with Gasteiger partial charge in [0.25, 0.3) is 0 Å². The summed E-state index contributed by atoms with van der Waals surface area (Å²) in [7, 11) is 1.11. The first kappa shape index (κ1) is 9.99. The summed E-state index contributed by atoms with van der Waals surface area (Å²) in [5, 5.41) is 17.6. The van der Waals surface area contributed by atoms with Crippen molar-refractivity contribution in [2.45, 2.75) is 0 Å². The molecule has 0 fully saturated rings. The molecule has 1 aromatic carbocycles. The summed E-state index contributed by atoms with van der Waals surface area (Å²) < 4.78 is 17.3. The summed E-state index contributed by atoms with van der Waals surface area (Å²) in [6.07, 6.45) is 0. The number of ether oxygens (including phenoxy) is 1. The van der Waals surface area contributed by atoms with Gasteiger partial charge in [0.1, 0.15) is 23.2 Å². The van der Waals surface area contributed by atoms with E-state index in [1.54, 1.807) is 0 Å². The number of aromatic hydroxyl groups is 1. The van der Waals surface area contributed by atoms with Gasteiger partial charge in [0.2, 0.25) is 0 Å². The van der Waals surface area contributed by atoms with Crippen LogP contribution in [0.1, 0.15) is 15.9 Å². The Bertz CT molecular complexity index is 423. The molecule has 0 aliphatic carbocycles. The second-order valence-electron chi connectivity index (χ2n) is 2.45. The molecule has 0 radical (unpaired) electrons. The maximum Gasteiger partial charge on any atom is 0.341 e. The van der Waals surface area contributed by atoms with Crippen molar-refractivity contribution in [1.82, 2.24) is 0 Å². The average molecular weight is 195 g/mol. The molecule has 0 aliphatic rings. The Hall–Kier alpha value is -2.09. The molecular formula is C9H6FNO3. The van der Waals surface area contributed by atoms with E-state index < -0.39 is 17.5 Å². The monoisotopic (exact) mass is 195 g/mol. The van der Waals surface area contributed by atoms with Gasteiger partial charge in [-0.15, -0.1) is 0 Å². The van der Waals surface area contributed by atoms with Crippen molar-refractivity contribution in [3.63, 3.8) is 0 Å². The predicted molar refractivity (Wildman–Crippen MR) is 44.1 cm³/mol. The van der Waals surface area contributed by atoms with Gasteiger partial charge >= 0.3 is 5.97 Å². The van der Waals surface area contributed by atoms with E-state index in [4.69, 9.17) is 5.26 Å². The highest BCUT2D eigenvalue weighted by atomic mass is 19.1. The van der Waals surface area contributed by atoms with Crippen molar-refractivity contribution < 1.29 is 19.0 Å². The zero-order valence-corrected chi connectivity index (χ0v) is 7.24. The van der Waals surface area contributed by atoms with E-state index in [2.05, 4.69) is 4.74 Å². The molecule has 1 aromatic rings. The van der Waals surface area contributed by atoms with Crippen molar-refractivity contribution in [3.05, 3.63) is 29.1 Å². The molecule has 0 aromatic heterocycles. The summed E-state index contributed by atoms with van der Waals surface area (Å²) in [5.74, 6) is -2.20. The lowest BCUT2D eigenvalue weighted by Gasteiger charge is -2.02. The number of methoxy groups -OCH3 is 1. The molecule has 0 spiro atoms. The zero-order valence-electron chi connectivity index (χ0n) is 7.24. The number of halogens is 1. The summed E-state index contributed by atoms with van der Waals surface area (Å²) in [6.45, 7) is 0. The van der Waals surface area contributed by atoms with Gasteiger partial charge in [0, 0.05) is 6.07 Å². The Labute approximate surface area is 79.2 Å². The smallest absolute Gasteiger partial charge is 0.341 e.